The first-order chi connectivity index (χ1) is 14.0. The summed E-state index contributed by atoms with van der Waals surface area (Å²) < 4.78 is 67.6. The second-order valence-corrected chi connectivity index (χ2v) is 8.80. The number of ether oxygens (including phenoxy) is 1. The van der Waals surface area contributed by atoms with Gasteiger partial charge in [-0.25, -0.2) is 8.42 Å². The zero-order valence-corrected chi connectivity index (χ0v) is 17.1. The first-order valence-corrected chi connectivity index (χ1v) is 10.5. The average Bonchev–Trinajstić information content (AvgIpc) is 2.67. The van der Waals surface area contributed by atoms with E-state index in [0.29, 0.717) is 11.3 Å². The smallest absolute Gasteiger partial charge is 0.406 e. The van der Waals surface area contributed by atoms with Gasteiger partial charge >= 0.3 is 6.36 Å². The van der Waals surface area contributed by atoms with E-state index in [1.807, 2.05) is 0 Å². The van der Waals surface area contributed by atoms with E-state index in [2.05, 4.69) is 9.72 Å². The van der Waals surface area contributed by atoms with Crippen molar-refractivity contribution in [1.82, 2.24) is 14.2 Å². The number of sulfonamides is 1. The van der Waals surface area contributed by atoms with Crippen molar-refractivity contribution in [2.24, 2.45) is 0 Å². The molecule has 0 spiro atoms. The van der Waals surface area contributed by atoms with Gasteiger partial charge in [0.05, 0.1) is 10.5 Å². The van der Waals surface area contributed by atoms with E-state index in [1.165, 1.54) is 4.31 Å². The van der Waals surface area contributed by atoms with Gasteiger partial charge in [0.2, 0.25) is 10.0 Å². The Morgan fingerprint density at radius 3 is 2.40 bits per heavy atom. The summed E-state index contributed by atoms with van der Waals surface area (Å²) in [5, 5.41) is 0. The van der Waals surface area contributed by atoms with Gasteiger partial charge in [-0.2, -0.15) is 4.31 Å². The lowest BCUT2D eigenvalue weighted by Gasteiger charge is -2.39. The van der Waals surface area contributed by atoms with E-state index in [9.17, 15) is 26.4 Å². The number of amides is 1. The van der Waals surface area contributed by atoms with Crippen molar-refractivity contribution in [2.45, 2.75) is 31.1 Å². The molecule has 1 atom stereocenters. The van der Waals surface area contributed by atoms with Crippen LogP contribution >= 0.6 is 0 Å². The van der Waals surface area contributed by atoms with Crippen LogP contribution in [-0.4, -0.2) is 60.6 Å². The van der Waals surface area contributed by atoms with Gasteiger partial charge in [-0.15, -0.1) is 13.2 Å². The van der Waals surface area contributed by atoms with E-state index >= 15 is 0 Å². The van der Waals surface area contributed by atoms with Crippen LogP contribution in [0.15, 0.2) is 47.5 Å². The first-order valence-electron chi connectivity index (χ1n) is 9.07. The van der Waals surface area contributed by atoms with Crippen molar-refractivity contribution in [3.63, 3.8) is 0 Å². The van der Waals surface area contributed by atoms with Crippen LogP contribution in [0.1, 0.15) is 23.0 Å². The second kappa shape index (κ2) is 8.23. The highest BCUT2D eigenvalue weighted by Crippen LogP contribution is 2.26. The van der Waals surface area contributed by atoms with Crippen LogP contribution in [0.2, 0.25) is 0 Å². The number of nitrogens with zero attached hydrogens (tertiary/aromatic N) is 3. The van der Waals surface area contributed by atoms with Crippen LogP contribution in [0.4, 0.5) is 13.2 Å². The summed E-state index contributed by atoms with van der Waals surface area (Å²) in [6.07, 6.45) is -3.27. The Morgan fingerprint density at radius 1 is 1.17 bits per heavy atom. The predicted molar refractivity (Wildman–Crippen MR) is 101 cm³/mol. The van der Waals surface area contributed by atoms with E-state index in [4.69, 9.17) is 0 Å². The number of aromatic nitrogens is 1. The number of benzene rings is 1. The summed E-state index contributed by atoms with van der Waals surface area (Å²) in [6.45, 7) is 3.78. The molecular formula is C19H20F3N3O4S. The molecule has 1 aromatic carbocycles. The Balaban J connectivity index is 1.72. The minimum Gasteiger partial charge on any atom is -0.406 e. The minimum atomic E-state index is -4.86. The summed E-state index contributed by atoms with van der Waals surface area (Å²) in [5.41, 5.74) is 1.05. The standard InChI is InChI=1S/C19H20F3N3O4S/c1-13-12-24(10-11-25(13)18(26)17-4-3-9-23-14(17)2)30(27,28)16-7-5-15(6-8-16)29-19(20,21)22/h3-9,13H,10-12H2,1-2H3. The summed E-state index contributed by atoms with van der Waals surface area (Å²) in [4.78, 5) is 18.4. The highest BCUT2D eigenvalue weighted by Gasteiger charge is 2.35. The topological polar surface area (TPSA) is 79.8 Å². The van der Waals surface area contributed by atoms with E-state index < -0.39 is 28.2 Å². The number of piperazine rings is 1. The van der Waals surface area contributed by atoms with Crippen molar-refractivity contribution in [1.29, 1.82) is 0 Å². The molecule has 1 unspecified atom stereocenters. The SMILES string of the molecule is Cc1ncccc1C(=O)N1CCN(S(=O)(=O)c2ccc(OC(F)(F)F)cc2)CC1C. The molecular weight excluding hydrogens is 423 g/mol. The van der Waals surface area contributed by atoms with Gasteiger partial charge in [-0.05, 0) is 50.2 Å². The van der Waals surface area contributed by atoms with Crippen molar-refractivity contribution in [2.75, 3.05) is 19.6 Å². The number of alkyl halides is 3. The van der Waals surface area contributed by atoms with E-state index in [1.54, 1.807) is 37.1 Å². The predicted octanol–water partition coefficient (Wildman–Crippen LogP) is 2.82. The quantitative estimate of drug-likeness (QED) is 0.726. The summed E-state index contributed by atoms with van der Waals surface area (Å²) in [5.74, 6) is -0.726. The number of carbonyl (C=O) groups is 1. The lowest BCUT2D eigenvalue weighted by molar-refractivity contribution is -0.274. The molecule has 1 fully saturated rings. The fraction of sp³-hybridized carbons (Fsp3) is 0.368. The largest absolute Gasteiger partial charge is 0.573 e. The van der Waals surface area contributed by atoms with Crippen LogP contribution in [0.3, 0.4) is 0 Å². The molecule has 3 rings (SSSR count). The third-order valence-electron chi connectivity index (χ3n) is 4.78. The van der Waals surface area contributed by atoms with Crippen LogP contribution in [0.25, 0.3) is 0 Å². The number of aryl methyl sites for hydroxylation is 1. The first kappa shape index (κ1) is 22.0. The fourth-order valence-corrected chi connectivity index (χ4v) is 4.78. The normalized spacial score (nSPS) is 18.3. The number of hydrogen-bond acceptors (Lipinski definition) is 5. The molecule has 7 nitrogen and oxygen atoms in total. The van der Waals surface area contributed by atoms with Crippen LogP contribution < -0.4 is 4.74 Å². The van der Waals surface area contributed by atoms with Gasteiger partial charge in [0, 0.05) is 37.6 Å². The highest BCUT2D eigenvalue weighted by atomic mass is 32.2. The molecule has 1 aromatic heterocycles. The Kier molecular flexibility index (Phi) is 6.04. The molecule has 2 heterocycles. The molecule has 0 radical (unpaired) electrons. The monoisotopic (exact) mass is 443 g/mol. The summed E-state index contributed by atoms with van der Waals surface area (Å²) >= 11 is 0. The van der Waals surface area contributed by atoms with Crippen LogP contribution in [-0.2, 0) is 10.0 Å². The molecule has 1 amide bonds. The van der Waals surface area contributed by atoms with Crippen LogP contribution in [0.5, 0.6) is 5.75 Å². The van der Waals surface area contributed by atoms with Gasteiger partial charge in [-0.1, -0.05) is 0 Å². The lowest BCUT2D eigenvalue weighted by Crippen LogP contribution is -2.55. The fourth-order valence-electron chi connectivity index (χ4n) is 3.27. The Labute approximate surface area is 172 Å². The Hall–Kier alpha value is -2.66. The molecule has 2 aromatic rings. The van der Waals surface area contributed by atoms with Crippen LogP contribution in [0, 0.1) is 6.92 Å². The number of pyridine rings is 1. The third kappa shape index (κ3) is 4.73. The van der Waals surface area contributed by atoms with Crippen molar-refractivity contribution in [3.8, 4) is 5.75 Å². The van der Waals surface area contributed by atoms with E-state index in [0.717, 1.165) is 24.3 Å². The maximum absolute atomic E-state index is 12.9. The number of carbonyl (C=O) groups excluding carboxylic acids is 1. The second-order valence-electron chi connectivity index (χ2n) is 6.87. The molecule has 11 heteroatoms. The number of hydrogen-bond donors (Lipinski definition) is 0. The van der Waals surface area contributed by atoms with Crippen molar-refractivity contribution >= 4 is 15.9 Å². The van der Waals surface area contributed by atoms with Crippen molar-refractivity contribution < 1.29 is 31.1 Å². The zero-order valence-electron chi connectivity index (χ0n) is 16.3. The minimum absolute atomic E-state index is 0.0637. The van der Waals surface area contributed by atoms with E-state index in [-0.39, 0.29) is 30.4 Å². The Morgan fingerprint density at radius 2 is 1.83 bits per heavy atom. The number of halogens is 3. The molecule has 0 bridgehead atoms. The number of rotatable bonds is 4. The van der Waals surface area contributed by atoms with Crippen molar-refractivity contribution in [3.05, 3.63) is 53.9 Å². The molecule has 1 aliphatic rings. The summed E-state index contributed by atoms with van der Waals surface area (Å²) in [7, 11) is -3.93. The van der Waals surface area contributed by atoms with Gasteiger partial charge < -0.3 is 9.64 Å². The molecule has 1 saturated heterocycles. The van der Waals surface area contributed by atoms with Gasteiger partial charge in [0.1, 0.15) is 5.75 Å². The van der Waals surface area contributed by atoms with Gasteiger partial charge in [0.15, 0.2) is 0 Å². The molecule has 162 valence electrons. The molecule has 0 N–H and O–H groups in total. The average molecular weight is 443 g/mol. The van der Waals surface area contributed by atoms with Gasteiger partial charge in [-0.3, -0.25) is 9.78 Å². The molecule has 0 aliphatic carbocycles. The summed E-state index contributed by atoms with van der Waals surface area (Å²) in [6, 6.07) is 6.98. The highest BCUT2D eigenvalue weighted by molar-refractivity contribution is 7.89. The van der Waals surface area contributed by atoms with Gasteiger partial charge in [0.25, 0.3) is 5.91 Å². The third-order valence-corrected chi connectivity index (χ3v) is 6.66. The molecule has 30 heavy (non-hydrogen) atoms. The Bertz CT molecular complexity index is 1030. The zero-order chi connectivity index (χ0) is 22.1. The maximum Gasteiger partial charge on any atom is 0.573 e. The molecule has 0 saturated carbocycles. The maximum atomic E-state index is 12.9. The molecule has 1 aliphatic heterocycles. The lowest BCUT2D eigenvalue weighted by atomic mass is 10.1.